The first kappa shape index (κ1) is 18.6. The second-order valence-electron chi connectivity index (χ2n) is 6.76. The van der Waals surface area contributed by atoms with Crippen LogP contribution in [0.5, 0.6) is 0 Å². The number of nitrogens with two attached hydrogens (primary N) is 1. The molecule has 5 nitrogen and oxygen atoms in total. The van der Waals surface area contributed by atoms with Gasteiger partial charge < -0.3 is 15.5 Å². The van der Waals surface area contributed by atoms with Gasteiger partial charge in [-0.05, 0) is 31.2 Å². The van der Waals surface area contributed by atoms with Gasteiger partial charge in [-0.3, -0.25) is 0 Å². The number of nitrogens with zero attached hydrogens (tertiary/aromatic N) is 4. The summed E-state index contributed by atoms with van der Waals surface area (Å²) in [7, 11) is 0. The number of hydrogen-bond donors (Lipinski definition) is 1. The van der Waals surface area contributed by atoms with Gasteiger partial charge in [-0.1, -0.05) is 41.6 Å². The van der Waals surface area contributed by atoms with Crippen LogP contribution in [0.3, 0.4) is 0 Å². The summed E-state index contributed by atoms with van der Waals surface area (Å²) in [4.78, 5) is 14.1. The molecule has 0 saturated carbocycles. The van der Waals surface area contributed by atoms with Crippen LogP contribution >= 0.6 is 11.8 Å². The quantitative estimate of drug-likeness (QED) is 0.674. The zero-order valence-electron chi connectivity index (χ0n) is 15.7. The van der Waals surface area contributed by atoms with Crippen molar-refractivity contribution in [3.8, 4) is 0 Å². The van der Waals surface area contributed by atoms with Gasteiger partial charge in [-0.2, -0.15) is 0 Å². The Morgan fingerprint density at radius 2 is 1.61 bits per heavy atom. The second-order valence-corrected chi connectivity index (χ2v) is 7.82. The van der Waals surface area contributed by atoms with Crippen LogP contribution in [0.4, 0.5) is 21.6 Å². The summed E-state index contributed by atoms with van der Waals surface area (Å²) in [6, 6.07) is 15.2. The van der Waals surface area contributed by atoms with E-state index in [0.717, 1.165) is 28.8 Å². The summed E-state index contributed by atoms with van der Waals surface area (Å²) in [5.74, 6) is 0.562. The molecule has 0 spiro atoms. The number of aromatic nitrogens is 2. The van der Waals surface area contributed by atoms with Crippen LogP contribution in [0.15, 0.2) is 64.8 Å². The molecule has 3 aromatic rings. The van der Waals surface area contributed by atoms with Crippen molar-refractivity contribution in [2.24, 2.45) is 0 Å². The molecule has 1 fully saturated rings. The molecule has 2 heterocycles. The zero-order chi connectivity index (χ0) is 19.5. The molecule has 0 radical (unpaired) electrons. The molecule has 1 aliphatic heterocycles. The number of hydrogen-bond acceptors (Lipinski definition) is 6. The van der Waals surface area contributed by atoms with Gasteiger partial charge in [0.2, 0.25) is 0 Å². The molecular weight excluding hydrogens is 373 g/mol. The Hall–Kier alpha value is -2.80. The highest BCUT2D eigenvalue weighted by molar-refractivity contribution is 7.99. The number of anilines is 3. The predicted molar refractivity (Wildman–Crippen MR) is 113 cm³/mol. The first-order valence-corrected chi connectivity index (χ1v) is 10.0. The molecule has 0 unspecified atom stereocenters. The Bertz CT molecular complexity index is 955. The van der Waals surface area contributed by atoms with E-state index in [1.54, 1.807) is 12.4 Å². The second kappa shape index (κ2) is 8.06. The van der Waals surface area contributed by atoms with Gasteiger partial charge in [0.25, 0.3) is 0 Å². The molecule has 1 aliphatic rings. The summed E-state index contributed by atoms with van der Waals surface area (Å²) in [6.07, 6.45) is 1.56. The van der Waals surface area contributed by atoms with Gasteiger partial charge in [0.15, 0.2) is 5.82 Å². The van der Waals surface area contributed by atoms with Crippen molar-refractivity contribution in [1.82, 2.24) is 9.97 Å². The van der Waals surface area contributed by atoms with Crippen LogP contribution in [-0.2, 0) is 0 Å². The van der Waals surface area contributed by atoms with E-state index in [1.165, 1.54) is 23.4 Å². The first-order valence-electron chi connectivity index (χ1n) is 9.21. The number of nitrogen functional groups attached to an aromatic ring is 1. The fourth-order valence-corrected chi connectivity index (χ4v) is 4.09. The Morgan fingerprint density at radius 3 is 2.32 bits per heavy atom. The van der Waals surface area contributed by atoms with Gasteiger partial charge in [0, 0.05) is 31.1 Å². The lowest BCUT2D eigenvalue weighted by Crippen LogP contribution is -2.47. The summed E-state index contributed by atoms with van der Waals surface area (Å²) >= 11 is 1.54. The monoisotopic (exact) mass is 395 g/mol. The third-order valence-corrected chi connectivity index (χ3v) is 5.86. The summed E-state index contributed by atoms with van der Waals surface area (Å²) < 4.78 is 14.0. The van der Waals surface area contributed by atoms with Crippen LogP contribution in [0.1, 0.15) is 5.56 Å². The highest BCUT2D eigenvalue weighted by Gasteiger charge is 2.23. The van der Waals surface area contributed by atoms with Crippen LogP contribution in [0.25, 0.3) is 0 Å². The fourth-order valence-electron chi connectivity index (χ4n) is 3.29. The largest absolute Gasteiger partial charge is 0.394 e. The van der Waals surface area contributed by atoms with Gasteiger partial charge in [-0.25, -0.2) is 14.4 Å². The summed E-state index contributed by atoms with van der Waals surface area (Å²) in [6.45, 7) is 4.94. The Kier molecular flexibility index (Phi) is 5.34. The van der Waals surface area contributed by atoms with Crippen LogP contribution in [0, 0.1) is 12.7 Å². The SMILES string of the molecule is Cc1ccc(Sc2ncnc(N3CCN(c4ccccc4F)CC3)c2N)cc1. The maximum absolute atomic E-state index is 14.0. The van der Waals surface area contributed by atoms with E-state index in [-0.39, 0.29) is 5.82 Å². The maximum atomic E-state index is 14.0. The van der Waals surface area contributed by atoms with E-state index in [1.807, 2.05) is 12.1 Å². The lowest BCUT2D eigenvalue weighted by Gasteiger charge is -2.37. The van der Waals surface area contributed by atoms with Crippen molar-refractivity contribution in [3.05, 3.63) is 66.2 Å². The summed E-state index contributed by atoms with van der Waals surface area (Å²) in [5, 5.41) is 0.755. The molecule has 4 rings (SSSR count). The lowest BCUT2D eigenvalue weighted by atomic mass is 10.2. The van der Waals surface area contributed by atoms with Gasteiger partial charge in [0.1, 0.15) is 22.9 Å². The standard InChI is InChI=1S/C21H22FN5S/c1-15-6-8-16(9-7-15)28-21-19(23)20(24-14-25-21)27-12-10-26(11-13-27)18-5-3-2-4-17(18)22/h2-9,14H,10-13,23H2,1H3. The molecule has 0 amide bonds. The molecule has 1 aromatic heterocycles. The van der Waals surface area contributed by atoms with E-state index in [0.29, 0.717) is 24.5 Å². The zero-order valence-corrected chi connectivity index (χ0v) is 16.5. The van der Waals surface area contributed by atoms with Crippen molar-refractivity contribution in [2.45, 2.75) is 16.8 Å². The van der Waals surface area contributed by atoms with Crippen molar-refractivity contribution in [3.63, 3.8) is 0 Å². The number of halogens is 1. The van der Waals surface area contributed by atoms with E-state index in [2.05, 4.69) is 51.0 Å². The summed E-state index contributed by atoms with van der Waals surface area (Å²) in [5.41, 5.74) is 8.85. The average molecular weight is 396 g/mol. The Morgan fingerprint density at radius 1 is 0.929 bits per heavy atom. The normalized spacial score (nSPS) is 14.4. The van der Waals surface area contributed by atoms with Crippen molar-refractivity contribution >= 4 is 29.0 Å². The van der Waals surface area contributed by atoms with Gasteiger partial charge >= 0.3 is 0 Å². The topological polar surface area (TPSA) is 58.3 Å². The maximum Gasteiger partial charge on any atom is 0.156 e. The smallest absolute Gasteiger partial charge is 0.156 e. The molecule has 7 heteroatoms. The molecule has 0 bridgehead atoms. The highest BCUT2D eigenvalue weighted by Crippen LogP contribution is 2.35. The van der Waals surface area contributed by atoms with Crippen molar-refractivity contribution < 1.29 is 4.39 Å². The first-order chi connectivity index (χ1) is 13.6. The minimum Gasteiger partial charge on any atom is -0.394 e. The molecule has 2 N–H and O–H groups in total. The third kappa shape index (κ3) is 3.89. The van der Waals surface area contributed by atoms with Crippen molar-refractivity contribution in [2.75, 3.05) is 41.7 Å². The minimum absolute atomic E-state index is 0.186. The number of benzene rings is 2. The van der Waals surface area contributed by atoms with Crippen LogP contribution < -0.4 is 15.5 Å². The van der Waals surface area contributed by atoms with E-state index in [9.17, 15) is 4.39 Å². The van der Waals surface area contributed by atoms with E-state index in [4.69, 9.17) is 5.73 Å². The molecule has 1 saturated heterocycles. The Balaban J connectivity index is 1.48. The predicted octanol–water partition coefficient (Wildman–Crippen LogP) is 3.98. The Labute approximate surface area is 168 Å². The molecule has 0 aliphatic carbocycles. The lowest BCUT2D eigenvalue weighted by molar-refractivity contribution is 0.596. The average Bonchev–Trinajstić information content (AvgIpc) is 2.72. The molecule has 144 valence electrons. The number of piperazine rings is 1. The van der Waals surface area contributed by atoms with Crippen LogP contribution in [0.2, 0.25) is 0 Å². The highest BCUT2D eigenvalue weighted by atomic mass is 32.2. The minimum atomic E-state index is -0.186. The molecule has 2 aromatic carbocycles. The van der Waals surface area contributed by atoms with Crippen LogP contribution in [-0.4, -0.2) is 36.1 Å². The number of aryl methyl sites for hydroxylation is 1. The molecule has 0 atom stereocenters. The fraction of sp³-hybridized carbons (Fsp3) is 0.238. The number of para-hydroxylation sites is 1. The molecule has 28 heavy (non-hydrogen) atoms. The molecular formula is C21H22FN5S. The van der Waals surface area contributed by atoms with Crippen molar-refractivity contribution in [1.29, 1.82) is 0 Å². The van der Waals surface area contributed by atoms with Gasteiger partial charge in [-0.15, -0.1) is 0 Å². The number of rotatable bonds is 4. The van der Waals surface area contributed by atoms with E-state index < -0.39 is 0 Å². The van der Waals surface area contributed by atoms with E-state index >= 15 is 0 Å². The van der Waals surface area contributed by atoms with Gasteiger partial charge in [0.05, 0.1) is 5.69 Å². The third-order valence-electron chi connectivity index (χ3n) is 4.83.